The van der Waals surface area contributed by atoms with E-state index >= 15 is 0 Å². The Bertz CT molecular complexity index is 1020. The minimum atomic E-state index is -4.54. The number of halogens is 4. The second-order valence-electron chi connectivity index (χ2n) is 7.02. The van der Waals surface area contributed by atoms with Crippen LogP contribution in [0.25, 0.3) is 22.2 Å². The molecule has 0 aliphatic carbocycles. The van der Waals surface area contributed by atoms with E-state index in [1.54, 1.807) is 38.4 Å². The summed E-state index contributed by atoms with van der Waals surface area (Å²) >= 11 is 6.02. The van der Waals surface area contributed by atoms with Crippen LogP contribution in [0.4, 0.5) is 18.9 Å². The van der Waals surface area contributed by atoms with Crippen LogP contribution >= 0.6 is 11.6 Å². The average Bonchev–Trinajstić information content (AvgIpc) is 3.02. The van der Waals surface area contributed by atoms with E-state index in [1.807, 2.05) is 0 Å². The number of carbonyl (C=O) groups is 1. The molecule has 1 amide bonds. The third kappa shape index (κ3) is 5.38. The minimum absolute atomic E-state index is 0.0111. The number of pyridine rings is 2. The number of rotatable bonds is 6. The number of nitrogens with zero attached hydrogens (tertiary/aromatic N) is 3. The number of anilines is 1. The largest absolute Gasteiger partial charge is 0.408 e. The van der Waals surface area contributed by atoms with Gasteiger partial charge in [-0.15, -0.1) is 0 Å². The number of amides is 1. The standard InChI is InChI=1S/C19H19ClF3N5O/c1-11(2)3-17(29)28(10-19(21,22)23)27-14-4-12(6-24-8-14)16-9-26-18-15(16)5-13(20)7-25-18/h4-9,11,27H,3,10H2,1-2H3,(H,25,26). The highest BCUT2D eigenvalue weighted by Gasteiger charge is 2.33. The van der Waals surface area contributed by atoms with Crippen molar-refractivity contribution < 1.29 is 18.0 Å². The molecule has 0 atom stereocenters. The molecule has 6 nitrogen and oxygen atoms in total. The molecule has 0 aromatic carbocycles. The maximum absolute atomic E-state index is 12.9. The Morgan fingerprint density at radius 1 is 1.28 bits per heavy atom. The molecule has 3 rings (SSSR count). The number of aromatic nitrogens is 3. The van der Waals surface area contributed by atoms with Gasteiger partial charge in [-0.2, -0.15) is 13.2 Å². The van der Waals surface area contributed by atoms with Gasteiger partial charge in [0.2, 0.25) is 5.91 Å². The SMILES string of the molecule is CC(C)CC(=O)N(CC(F)(F)F)Nc1cncc(-c2c[nH]c3ncc(Cl)cc23)c1. The first kappa shape index (κ1) is 20.9. The number of aromatic amines is 1. The number of H-pyrrole nitrogens is 1. The molecule has 0 fully saturated rings. The average molecular weight is 426 g/mol. The molecule has 0 spiro atoms. The summed E-state index contributed by atoms with van der Waals surface area (Å²) in [7, 11) is 0. The van der Waals surface area contributed by atoms with Crippen LogP contribution in [0.1, 0.15) is 20.3 Å². The Morgan fingerprint density at radius 2 is 2.03 bits per heavy atom. The monoisotopic (exact) mass is 425 g/mol. The third-order valence-corrected chi connectivity index (χ3v) is 4.24. The van der Waals surface area contributed by atoms with Gasteiger partial charge in [0.05, 0.1) is 16.9 Å². The summed E-state index contributed by atoms with van der Waals surface area (Å²) in [5, 5.41) is 1.78. The fraction of sp³-hybridized carbons (Fsp3) is 0.316. The first-order chi connectivity index (χ1) is 13.6. The number of alkyl halides is 3. The molecular formula is C19H19ClF3N5O. The van der Waals surface area contributed by atoms with E-state index in [9.17, 15) is 18.0 Å². The summed E-state index contributed by atoms with van der Waals surface area (Å²) < 4.78 is 38.8. The maximum Gasteiger partial charge on any atom is 0.408 e. The Hall–Kier alpha value is -2.81. The van der Waals surface area contributed by atoms with E-state index in [0.717, 1.165) is 10.9 Å². The van der Waals surface area contributed by atoms with Gasteiger partial charge >= 0.3 is 6.18 Å². The van der Waals surface area contributed by atoms with E-state index < -0.39 is 18.6 Å². The molecule has 0 saturated carbocycles. The third-order valence-electron chi connectivity index (χ3n) is 4.03. The first-order valence-corrected chi connectivity index (χ1v) is 9.22. The van der Waals surface area contributed by atoms with Crippen LogP contribution in [0.3, 0.4) is 0 Å². The van der Waals surface area contributed by atoms with Gasteiger partial charge in [-0.05, 0) is 18.1 Å². The molecule has 29 heavy (non-hydrogen) atoms. The number of fused-ring (bicyclic) bond motifs is 1. The van der Waals surface area contributed by atoms with Crippen LogP contribution in [-0.2, 0) is 4.79 Å². The predicted octanol–water partition coefficient (Wildman–Crippen LogP) is 5.04. The molecule has 2 N–H and O–H groups in total. The van der Waals surface area contributed by atoms with Crippen molar-refractivity contribution in [2.75, 3.05) is 12.0 Å². The van der Waals surface area contributed by atoms with Crippen molar-refractivity contribution in [3.63, 3.8) is 0 Å². The summed E-state index contributed by atoms with van der Waals surface area (Å²) in [6, 6.07) is 3.35. The Kier molecular flexibility index (Phi) is 5.97. The van der Waals surface area contributed by atoms with Crippen LogP contribution in [0.5, 0.6) is 0 Å². The molecule has 0 unspecified atom stereocenters. The molecule has 3 aromatic heterocycles. The summed E-state index contributed by atoms with van der Waals surface area (Å²) in [5.41, 5.74) is 4.80. The molecule has 154 valence electrons. The highest BCUT2D eigenvalue weighted by atomic mass is 35.5. The molecule has 0 bridgehead atoms. The molecule has 0 aliphatic heterocycles. The number of hydrazine groups is 1. The lowest BCUT2D eigenvalue weighted by Gasteiger charge is -2.26. The highest BCUT2D eigenvalue weighted by molar-refractivity contribution is 6.31. The van der Waals surface area contributed by atoms with Crippen LogP contribution in [-0.4, -0.2) is 38.6 Å². The lowest BCUT2D eigenvalue weighted by atomic mass is 10.1. The van der Waals surface area contributed by atoms with Crippen LogP contribution in [0.15, 0.2) is 36.9 Å². The van der Waals surface area contributed by atoms with Crippen LogP contribution in [0.2, 0.25) is 5.02 Å². The van der Waals surface area contributed by atoms with Gasteiger partial charge in [0.1, 0.15) is 12.2 Å². The van der Waals surface area contributed by atoms with Crippen molar-refractivity contribution in [1.29, 1.82) is 0 Å². The molecule has 3 aromatic rings. The smallest absolute Gasteiger partial charge is 0.346 e. The second kappa shape index (κ2) is 8.28. The van der Waals surface area contributed by atoms with Crippen molar-refractivity contribution in [3.8, 4) is 11.1 Å². The van der Waals surface area contributed by atoms with Crippen molar-refractivity contribution in [3.05, 3.63) is 41.9 Å². The van der Waals surface area contributed by atoms with Crippen LogP contribution < -0.4 is 5.43 Å². The van der Waals surface area contributed by atoms with Crippen molar-refractivity contribution >= 4 is 34.2 Å². The lowest BCUT2D eigenvalue weighted by Crippen LogP contribution is -2.43. The van der Waals surface area contributed by atoms with E-state index in [0.29, 0.717) is 21.2 Å². The van der Waals surface area contributed by atoms with Gasteiger partial charge in [-0.3, -0.25) is 15.2 Å². The summed E-state index contributed by atoms with van der Waals surface area (Å²) in [6.07, 6.45) is 1.60. The quantitative estimate of drug-likeness (QED) is 0.542. The fourth-order valence-corrected chi connectivity index (χ4v) is 3.01. The first-order valence-electron chi connectivity index (χ1n) is 8.84. The predicted molar refractivity (Wildman–Crippen MR) is 105 cm³/mol. The number of hydrogen-bond acceptors (Lipinski definition) is 4. The summed E-state index contributed by atoms with van der Waals surface area (Å²) in [5.74, 6) is -0.723. The van der Waals surface area contributed by atoms with Gasteiger partial charge in [0, 0.05) is 41.5 Å². The molecule has 10 heteroatoms. The van der Waals surface area contributed by atoms with Gasteiger partial charge in [-0.25, -0.2) is 9.99 Å². The van der Waals surface area contributed by atoms with Gasteiger partial charge < -0.3 is 4.98 Å². The zero-order valence-electron chi connectivity index (χ0n) is 15.7. The number of nitrogens with one attached hydrogen (secondary N) is 2. The highest BCUT2D eigenvalue weighted by Crippen LogP contribution is 2.30. The van der Waals surface area contributed by atoms with Gasteiger partial charge in [0.25, 0.3) is 0 Å². The second-order valence-corrected chi connectivity index (χ2v) is 7.46. The molecule has 0 saturated heterocycles. The Morgan fingerprint density at radius 3 is 2.72 bits per heavy atom. The van der Waals surface area contributed by atoms with Crippen molar-refractivity contribution in [1.82, 2.24) is 20.0 Å². The van der Waals surface area contributed by atoms with Crippen molar-refractivity contribution in [2.45, 2.75) is 26.4 Å². The van der Waals surface area contributed by atoms with E-state index in [4.69, 9.17) is 11.6 Å². The lowest BCUT2D eigenvalue weighted by molar-refractivity contribution is -0.158. The molecule has 0 radical (unpaired) electrons. The maximum atomic E-state index is 12.9. The molecular weight excluding hydrogens is 407 g/mol. The minimum Gasteiger partial charge on any atom is -0.346 e. The zero-order valence-corrected chi connectivity index (χ0v) is 16.5. The van der Waals surface area contributed by atoms with Crippen LogP contribution in [0, 0.1) is 5.92 Å². The number of carbonyl (C=O) groups excluding carboxylic acids is 1. The summed E-state index contributed by atoms with van der Waals surface area (Å²) in [6.45, 7) is 2.12. The van der Waals surface area contributed by atoms with Gasteiger partial charge in [-0.1, -0.05) is 25.4 Å². The molecule has 0 aliphatic rings. The van der Waals surface area contributed by atoms with E-state index in [2.05, 4.69) is 20.4 Å². The van der Waals surface area contributed by atoms with Gasteiger partial charge in [0.15, 0.2) is 0 Å². The fourth-order valence-electron chi connectivity index (χ4n) is 2.85. The topological polar surface area (TPSA) is 73.9 Å². The Labute approximate surface area is 170 Å². The number of hydrogen-bond donors (Lipinski definition) is 2. The normalized spacial score (nSPS) is 11.8. The molecule has 3 heterocycles. The summed E-state index contributed by atoms with van der Waals surface area (Å²) in [4.78, 5) is 23.6. The van der Waals surface area contributed by atoms with E-state index in [1.165, 1.54) is 12.4 Å². The van der Waals surface area contributed by atoms with E-state index in [-0.39, 0.29) is 18.0 Å². The van der Waals surface area contributed by atoms with Crippen molar-refractivity contribution in [2.24, 2.45) is 5.92 Å². The Balaban J connectivity index is 1.90. The zero-order chi connectivity index (χ0) is 21.2.